The van der Waals surface area contributed by atoms with Crippen LogP contribution in [0.25, 0.3) is 0 Å². The van der Waals surface area contributed by atoms with E-state index in [2.05, 4.69) is 5.32 Å². The van der Waals surface area contributed by atoms with Crippen molar-refractivity contribution in [3.8, 4) is 11.5 Å². The SMILES string of the molecule is CC(C)(C(=O)Nc1ccc2c(c1)OCO2)c1ccc(Cl)cc1. The normalized spacial score (nSPS) is 13.0. The molecule has 0 saturated carbocycles. The van der Waals surface area contributed by atoms with Gasteiger partial charge in [-0.15, -0.1) is 0 Å². The Hall–Kier alpha value is -2.20. The Labute approximate surface area is 134 Å². The third-order valence-electron chi connectivity index (χ3n) is 3.76. The predicted molar refractivity (Wildman–Crippen MR) is 85.7 cm³/mol. The lowest BCUT2D eigenvalue weighted by Crippen LogP contribution is -2.34. The van der Waals surface area contributed by atoms with Crippen molar-refractivity contribution in [1.29, 1.82) is 0 Å². The molecular formula is C17H16ClNO3. The summed E-state index contributed by atoms with van der Waals surface area (Å²) in [5.41, 5.74) is 0.896. The fourth-order valence-electron chi connectivity index (χ4n) is 2.26. The van der Waals surface area contributed by atoms with Gasteiger partial charge >= 0.3 is 0 Å². The second-order valence-electron chi connectivity index (χ2n) is 5.65. The second kappa shape index (κ2) is 5.54. The van der Waals surface area contributed by atoms with Crippen LogP contribution in [0.5, 0.6) is 11.5 Å². The molecule has 0 aliphatic carbocycles. The third-order valence-corrected chi connectivity index (χ3v) is 4.02. The van der Waals surface area contributed by atoms with Gasteiger partial charge in [0.1, 0.15) is 0 Å². The van der Waals surface area contributed by atoms with Gasteiger partial charge in [0.2, 0.25) is 12.7 Å². The smallest absolute Gasteiger partial charge is 0.234 e. The number of hydrogen-bond donors (Lipinski definition) is 1. The molecule has 1 heterocycles. The summed E-state index contributed by atoms with van der Waals surface area (Å²) in [5, 5.41) is 3.57. The summed E-state index contributed by atoms with van der Waals surface area (Å²) in [6.45, 7) is 3.96. The van der Waals surface area contributed by atoms with E-state index in [9.17, 15) is 4.79 Å². The third kappa shape index (κ3) is 2.74. The first kappa shape index (κ1) is 14.7. The number of rotatable bonds is 3. The molecule has 0 aromatic heterocycles. The highest BCUT2D eigenvalue weighted by Crippen LogP contribution is 2.35. The quantitative estimate of drug-likeness (QED) is 0.931. The van der Waals surface area contributed by atoms with Gasteiger partial charge in [-0.05, 0) is 43.7 Å². The first-order valence-electron chi connectivity index (χ1n) is 6.94. The van der Waals surface area contributed by atoms with Crippen molar-refractivity contribution in [3.05, 3.63) is 53.1 Å². The predicted octanol–water partition coefficient (Wildman–Crippen LogP) is 3.99. The summed E-state index contributed by atoms with van der Waals surface area (Å²) in [4.78, 5) is 12.6. The van der Waals surface area contributed by atoms with Gasteiger partial charge in [0.15, 0.2) is 11.5 Å². The van der Waals surface area contributed by atoms with Crippen molar-refractivity contribution < 1.29 is 14.3 Å². The highest BCUT2D eigenvalue weighted by molar-refractivity contribution is 6.30. The average Bonchev–Trinajstić information content (AvgIpc) is 2.95. The lowest BCUT2D eigenvalue weighted by Gasteiger charge is -2.24. The summed E-state index contributed by atoms with van der Waals surface area (Å²) in [6, 6.07) is 12.6. The molecule has 0 atom stereocenters. The topological polar surface area (TPSA) is 47.6 Å². The Bertz CT molecular complexity index is 710. The molecule has 0 bridgehead atoms. The molecule has 1 aliphatic heterocycles. The Morgan fingerprint density at radius 3 is 2.50 bits per heavy atom. The molecular weight excluding hydrogens is 302 g/mol. The molecule has 0 spiro atoms. The first-order valence-corrected chi connectivity index (χ1v) is 7.32. The van der Waals surface area contributed by atoms with Crippen LogP contribution in [0.1, 0.15) is 19.4 Å². The number of amides is 1. The molecule has 3 rings (SSSR count). The fourth-order valence-corrected chi connectivity index (χ4v) is 2.39. The van der Waals surface area contributed by atoms with E-state index in [1.54, 1.807) is 30.3 Å². The maximum atomic E-state index is 12.6. The summed E-state index contributed by atoms with van der Waals surface area (Å²) in [7, 11) is 0. The standard InChI is InChI=1S/C17H16ClNO3/c1-17(2,11-3-5-12(18)6-4-11)16(20)19-13-7-8-14-15(9-13)22-10-21-14/h3-9H,10H2,1-2H3,(H,19,20). The number of fused-ring (bicyclic) bond motifs is 1. The number of anilines is 1. The molecule has 2 aromatic rings. The van der Waals surface area contributed by atoms with E-state index in [-0.39, 0.29) is 12.7 Å². The Balaban J connectivity index is 1.79. The van der Waals surface area contributed by atoms with Gasteiger partial charge in [0.05, 0.1) is 5.41 Å². The number of benzene rings is 2. The van der Waals surface area contributed by atoms with E-state index in [0.717, 1.165) is 5.56 Å². The monoisotopic (exact) mass is 317 g/mol. The molecule has 0 radical (unpaired) electrons. The van der Waals surface area contributed by atoms with Crippen molar-refractivity contribution in [1.82, 2.24) is 0 Å². The van der Waals surface area contributed by atoms with Crippen LogP contribution < -0.4 is 14.8 Å². The zero-order chi connectivity index (χ0) is 15.7. The van der Waals surface area contributed by atoms with Gasteiger partial charge in [0, 0.05) is 16.8 Å². The van der Waals surface area contributed by atoms with Gasteiger partial charge in [0.25, 0.3) is 0 Å². The summed E-state index contributed by atoms with van der Waals surface area (Å²) in [5.74, 6) is 1.23. The van der Waals surface area contributed by atoms with E-state index < -0.39 is 5.41 Å². The lowest BCUT2D eigenvalue weighted by atomic mass is 9.83. The maximum Gasteiger partial charge on any atom is 0.234 e. The van der Waals surface area contributed by atoms with Crippen molar-refractivity contribution >= 4 is 23.2 Å². The Morgan fingerprint density at radius 2 is 1.77 bits per heavy atom. The van der Waals surface area contributed by atoms with E-state index >= 15 is 0 Å². The van der Waals surface area contributed by atoms with Gasteiger partial charge in [-0.3, -0.25) is 4.79 Å². The molecule has 0 fully saturated rings. The maximum absolute atomic E-state index is 12.6. The van der Waals surface area contributed by atoms with Crippen molar-refractivity contribution in [2.24, 2.45) is 0 Å². The van der Waals surface area contributed by atoms with Crippen molar-refractivity contribution in [2.75, 3.05) is 12.1 Å². The van der Waals surface area contributed by atoms with Gasteiger partial charge in [-0.25, -0.2) is 0 Å². The molecule has 0 saturated heterocycles. The van der Waals surface area contributed by atoms with Crippen molar-refractivity contribution in [2.45, 2.75) is 19.3 Å². The Kier molecular flexibility index (Phi) is 3.71. The molecule has 2 aromatic carbocycles. The molecule has 5 heteroatoms. The number of hydrogen-bond acceptors (Lipinski definition) is 3. The van der Waals surface area contributed by atoms with E-state index in [1.165, 1.54) is 0 Å². The van der Waals surface area contributed by atoms with Crippen LogP contribution in [0.2, 0.25) is 5.02 Å². The highest BCUT2D eigenvalue weighted by atomic mass is 35.5. The molecule has 0 unspecified atom stereocenters. The molecule has 1 amide bonds. The van der Waals surface area contributed by atoms with Crippen LogP contribution in [0.3, 0.4) is 0 Å². The van der Waals surface area contributed by atoms with E-state index in [4.69, 9.17) is 21.1 Å². The van der Waals surface area contributed by atoms with Crippen LogP contribution in [0.15, 0.2) is 42.5 Å². The van der Waals surface area contributed by atoms with E-state index in [1.807, 2.05) is 26.0 Å². The molecule has 22 heavy (non-hydrogen) atoms. The molecule has 4 nitrogen and oxygen atoms in total. The van der Waals surface area contributed by atoms with Crippen LogP contribution in [0.4, 0.5) is 5.69 Å². The second-order valence-corrected chi connectivity index (χ2v) is 6.09. The Morgan fingerprint density at radius 1 is 1.09 bits per heavy atom. The minimum absolute atomic E-state index is 0.103. The van der Waals surface area contributed by atoms with Gasteiger partial charge < -0.3 is 14.8 Å². The zero-order valence-electron chi connectivity index (χ0n) is 12.4. The summed E-state index contributed by atoms with van der Waals surface area (Å²) >= 11 is 5.90. The number of halogens is 1. The fraction of sp³-hybridized carbons (Fsp3) is 0.235. The first-order chi connectivity index (χ1) is 10.5. The van der Waals surface area contributed by atoms with Crippen molar-refractivity contribution in [3.63, 3.8) is 0 Å². The van der Waals surface area contributed by atoms with E-state index in [0.29, 0.717) is 22.2 Å². The average molecular weight is 318 g/mol. The lowest BCUT2D eigenvalue weighted by molar-refractivity contribution is -0.120. The molecule has 114 valence electrons. The van der Waals surface area contributed by atoms with Gasteiger partial charge in [-0.2, -0.15) is 0 Å². The largest absolute Gasteiger partial charge is 0.454 e. The summed E-state index contributed by atoms with van der Waals surface area (Å²) < 4.78 is 10.6. The number of carbonyl (C=O) groups is 1. The van der Waals surface area contributed by atoms with Crippen LogP contribution in [0, 0.1) is 0 Å². The molecule has 1 aliphatic rings. The van der Waals surface area contributed by atoms with Crippen LogP contribution in [-0.4, -0.2) is 12.7 Å². The number of nitrogens with one attached hydrogen (secondary N) is 1. The number of carbonyl (C=O) groups excluding carboxylic acids is 1. The zero-order valence-corrected chi connectivity index (χ0v) is 13.1. The summed E-state index contributed by atoms with van der Waals surface area (Å²) in [6.07, 6.45) is 0. The number of ether oxygens (including phenoxy) is 2. The van der Waals surface area contributed by atoms with Crippen LogP contribution in [-0.2, 0) is 10.2 Å². The van der Waals surface area contributed by atoms with Gasteiger partial charge in [-0.1, -0.05) is 23.7 Å². The van der Waals surface area contributed by atoms with Crippen LogP contribution >= 0.6 is 11.6 Å². The molecule has 1 N–H and O–H groups in total. The highest BCUT2D eigenvalue weighted by Gasteiger charge is 2.30. The minimum atomic E-state index is -0.680. The minimum Gasteiger partial charge on any atom is -0.454 e.